The first-order chi connectivity index (χ1) is 6.97. The predicted octanol–water partition coefficient (Wildman–Crippen LogP) is 3.11. The average Bonchev–Trinajstić information content (AvgIpc) is 1.93. The summed E-state index contributed by atoms with van der Waals surface area (Å²) in [5.41, 5.74) is 0. The van der Waals surface area contributed by atoms with Gasteiger partial charge < -0.3 is 5.11 Å². The fourth-order valence-electron chi connectivity index (χ4n) is 2.27. The van der Waals surface area contributed by atoms with Crippen molar-refractivity contribution in [3.8, 4) is 0 Å². The van der Waals surface area contributed by atoms with Gasteiger partial charge in [0.2, 0.25) is 0 Å². The zero-order valence-electron chi connectivity index (χ0n) is 12.2. The van der Waals surface area contributed by atoms with E-state index < -0.39 is 30.1 Å². The highest BCUT2D eigenvalue weighted by Gasteiger charge is 2.26. The average molecular weight is 289 g/mol. The second kappa shape index (κ2) is 6.26. The van der Waals surface area contributed by atoms with Crippen LogP contribution < -0.4 is 0 Å². The van der Waals surface area contributed by atoms with Crippen molar-refractivity contribution < 1.29 is 5.11 Å². The van der Waals surface area contributed by atoms with Gasteiger partial charge in [0.15, 0.2) is 0 Å². The summed E-state index contributed by atoms with van der Waals surface area (Å²) in [7, 11) is -1.33. The third kappa shape index (κ3) is 9.08. The van der Waals surface area contributed by atoms with E-state index in [1.54, 1.807) is 0 Å². The summed E-state index contributed by atoms with van der Waals surface area (Å²) in [6, 6.07) is 0. The second-order valence-corrected chi connectivity index (χ2v) is 20.3. The van der Waals surface area contributed by atoms with Gasteiger partial charge in [-0.15, -0.1) is 0 Å². The first kappa shape index (κ1) is 17.0. The maximum Gasteiger partial charge on any atom is 0.0438 e. The molecule has 0 aromatic rings. The molecule has 16 heavy (non-hydrogen) atoms. The van der Waals surface area contributed by atoms with Crippen LogP contribution in [-0.4, -0.2) is 71.4 Å². The molecule has 0 bridgehead atoms. The molecule has 4 heteroatoms. The molecule has 0 unspecified atom stereocenters. The predicted molar refractivity (Wildman–Crippen MR) is 90.5 cm³/mol. The van der Waals surface area contributed by atoms with Crippen LogP contribution >= 0.6 is 30.1 Å². The molecule has 0 radical (unpaired) electrons. The molecule has 0 saturated heterocycles. The molecule has 0 spiro atoms. The van der Waals surface area contributed by atoms with Gasteiger partial charge in [0.25, 0.3) is 0 Å². The van der Waals surface area contributed by atoms with Gasteiger partial charge in [-0.25, -0.2) is 30.1 Å². The van der Waals surface area contributed by atoms with Crippen molar-refractivity contribution in [2.24, 2.45) is 0 Å². The van der Waals surface area contributed by atoms with Gasteiger partial charge in [-0.3, -0.25) is 0 Å². The van der Waals surface area contributed by atoms with Gasteiger partial charge in [0, 0.05) is 16.8 Å². The Morgan fingerprint density at radius 1 is 0.750 bits per heavy atom. The highest BCUT2D eigenvalue weighted by atomic mass is 32.3. The minimum absolute atomic E-state index is 0.363. The van der Waals surface area contributed by atoms with E-state index in [2.05, 4.69) is 43.8 Å². The summed E-state index contributed by atoms with van der Waals surface area (Å²) in [5, 5.41) is 11.9. The molecule has 1 N–H and O–H groups in total. The van der Waals surface area contributed by atoms with Crippen LogP contribution in [0.1, 0.15) is 6.42 Å². The zero-order chi connectivity index (χ0) is 13.0. The molecule has 0 aliphatic carbocycles. The van der Waals surface area contributed by atoms with Crippen molar-refractivity contribution in [1.82, 2.24) is 0 Å². The molecule has 104 valence electrons. The fourth-order valence-corrected chi connectivity index (χ4v) is 18.6. The van der Waals surface area contributed by atoms with Crippen LogP contribution in [0.3, 0.4) is 0 Å². The minimum atomic E-state index is -0.503. The molecule has 0 aliphatic rings. The summed E-state index contributed by atoms with van der Waals surface area (Å²) < 4.78 is 0. The summed E-state index contributed by atoms with van der Waals surface area (Å²) in [6.07, 6.45) is 18.1. The quantitative estimate of drug-likeness (QED) is 0.763. The van der Waals surface area contributed by atoms with Gasteiger partial charge in [0.1, 0.15) is 0 Å². The van der Waals surface area contributed by atoms with Crippen LogP contribution in [0.25, 0.3) is 0 Å². The molecule has 0 aromatic carbocycles. The van der Waals surface area contributed by atoms with Crippen LogP contribution in [0.15, 0.2) is 0 Å². The molecular formula is C12H32OS3. The largest absolute Gasteiger partial charge is 0.396 e. The minimum Gasteiger partial charge on any atom is -0.396 e. The lowest BCUT2D eigenvalue weighted by Gasteiger charge is -2.48. The summed E-state index contributed by atoms with van der Waals surface area (Å²) in [6.45, 7) is 0.363. The van der Waals surface area contributed by atoms with Crippen LogP contribution in [0.2, 0.25) is 0 Å². The number of rotatable bonds is 7. The summed E-state index contributed by atoms with van der Waals surface area (Å²) >= 11 is 0. The molecule has 0 amide bonds. The molecule has 0 aromatic heterocycles. The van der Waals surface area contributed by atoms with Gasteiger partial charge in [-0.2, -0.15) is 0 Å². The Balaban J connectivity index is 4.61. The first-order valence-electron chi connectivity index (χ1n) is 5.62. The van der Waals surface area contributed by atoms with Crippen molar-refractivity contribution in [1.29, 1.82) is 0 Å². The third-order valence-electron chi connectivity index (χ3n) is 2.07. The van der Waals surface area contributed by atoms with Gasteiger partial charge in [-0.1, -0.05) is 0 Å². The lowest BCUT2D eigenvalue weighted by Crippen LogP contribution is -2.19. The molecule has 0 rings (SSSR count). The molecule has 0 fully saturated rings. The number of hydrogen-bond acceptors (Lipinski definition) is 1. The van der Waals surface area contributed by atoms with Crippen LogP contribution in [0.5, 0.6) is 0 Å². The lowest BCUT2D eigenvalue weighted by molar-refractivity contribution is 0.296. The maximum atomic E-state index is 9.05. The molecule has 1 nitrogen and oxygen atoms in total. The number of hydrogen-bond donors (Lipinski definition) is 1. The van der Waals surface area contributed by atoms with E-state index >= 15 is 0 Å². The maximum absolute atomic E-state index is 9.05. The molecule has 0 saturated carbocycles. The fraction of sp³-hybridized carbons (Fsp3) is 1.00. The van der Waals surface area contributed by atoms with Crippen LogP contribution in [0, 0.1) is 0 Å². The Bertz CT molecular complexity index is 187. The number of aliphatic hydroxyl groups excluding tert-OH is 1. The Morgan fingerprint density at radius 3 is 1.38 bits per heavy atom. The highest BCUT2D eigenvalue weighted by Crippen LogP contribution is 2.62. The Labute approximate surface area is 108 Å². The first-order valence-corrected chi connectivity index (χ1v) is 14.2. The normalized spacial score (nSPS) is 17.2. The van der Waals surface area contributed by atoms with Gasteiger partial charge in [0.05, 0.1) is 0 Å². The Kier molecular flexibility index (Phi) is 6.65. The van der Waals surface area contributed by atoms with Crippen molar-refractivity contribution in [3.05, 3.63) is 0 Å². The number of aliphatic hydroxyl groups is 1. The van der Waals surface area contributed by atoms with Gasteiger partial charge in [-0.05, 0) is 56.0 Å². The van der Waals surface area contributed by atoms with Crippen molar-refractivity contribution in [2.75, 3.05) is 66.3 Å². The summed E-state index contributed by atoms with van der Waals surface area (Å²) in [4.78, 5) is 0. The van der Waals surface area contributed by atoms with E-state index in [0.717, 1.165) is 6.42 Å². The van der Waals surface area contributed by atoms with E-state index in [9.17, 15) is 0 Å². The van der Waals surface area contributed by atoms with E-state index in [4.69, 9.17) is 5.11 Å². The standard InChI is InChI=1S/C12H32OS3/c1-14(2,3)11-16(7,10-8-9-13)12-15(4,5)6/h13H,8-12H2,1-7H3. The summed E-state index contributed by atoms with van der Waals surface area (Å²) in [5.74, 6) is 1.26. The van der Waals surface area contributed by atoms with Crippen LogP contribution in [0.4, 0.5) is 0 Å². The zero-order valence-corrected chi connectivity index (χ0v) is 14.7. The monoisotopic (exact) mass is 288 g/mol. The van der Waals surface area contributed by atoms with E-state index in [-0.39, 0.29) is 0 Å². The van der Waals surface area contributed by atoms with E-state index in [0.29, 0.717) is 6.61 Å². The smallest absolute Gasteiger partial charge is 0.0438 e. The molecule has 0 aliphatic heterocycles. The lowest BCUT2D eigenvalue weighted by atomic mass is 10.5. The Hall–Kier alpha value is 1.01. The van der Waals surface area contributed by atoms with Crippen molar-refractivity contribution in [3.63, 3.8) is 0 Å². The molecule has 0 atom stereocenters. The topological polar surface area (TPSA) is 20.2 Å². The van der Waals surface area contributed by atoms with Crippen LogP contribution in [-0.2, 0) is 0 Å². The highest BCUT2D eigenvalue weighted by molar-refractivity contribution is 8.54. The van der Waals surface area contributed by atoms with Crippen molar-refractivity contribution >= 4 is 30.1 Å². The van der Waals surface area contributed by atoms with E-state index in [1.807, 2.05) is 0 Å². The molecular weight excluding hydrogens is 256 g/mol. The van der Waals surface area contributed by atoms with E-state index in [1.165, 1.54) is 15.9 Å². The van der Waals surface area contributed by atoms with Crippen molar-refractivity contribution in [2.45, 2.75) is 6.42 Å². The van der Waals surface area contributed by atoms with Gasteiger partial charge >= 0.3 is 0 Å². The Morgan fingerprint density at radius 2 is 1.12 bits per heavy atom. The SMILES string of the molecule is CS(C)(C)CS(C)(CCCO)CS(C)(C)C. The third-order valence-corrected chi connectivity index (χ3v) is 13.6. The second-order valence-electron chi connectivity index (χ2n) is 6.68. The molecule has 0 heterocycles.